The SMILES string of the molecule is C=C(O[Si](C)(C)C)[C@H]1O[C@@H]2OC(C)(C)O[C@@H]2[C@H]1OCc1ccccc1. The Morgan fingerprint density at radius 1 is 1.16 bits per heavy atom. The maximum atomic E-state index is 6.19. The lowest BCUT2D eigenvalue weighted by molar-refractivity contribution is -0.216. The highest BCUT2D eigenvalue weighted by molar-refractivity contribution is 6.70. The van der Waals surface area contributed by atoms with Crippen LogP contribution in [0.2, 0.25) is 19.6 Å². The highest BCUT2D eigenvalue weighted by Crippen LogP contribution is 2.41. The molecule has 0 unspecified atom stereocenters. The van der Waals surface area contributed by atoms with Crippen molar-refractivity contribution in [2.45, 2.75) is 70.5 Å². The van der Waals surface area contributed by atoms with Gasteiger partial charge in [-0.05, 0) is 39.1 Å². The third kappa shape index (κ3) is 4.51. The Morgan fingerprint density at radius 3 is 2.48 bits per heavy atom. The van der Waals surface area contributed by atoms with Crippen LogP contribution in [0.5, 0.6) is 0 Å². The second kappa shape index (κ2) is 6.85. The van der Waals surface area contributed by atoms with E-state index in [0.29, 0.717) is 12.4 Å². The molecule has 0 saturated carbocycles. The molecule has 1 aromatic rings. The third-order valence-corrected chi connectivity index (χ3v) is 4.91. The Balaban J connectivity index is 1.74. The molecule has 0 aliphatic carbocycles. The zero-order valence-corrected chi connectivity index (χ0v) is 16.7. The molecule has 2 aliphatic heterocycles. The highest BCUT2D eigenvalue weighted by Gasteiger charge is 2.56. The smallest absolute Gasteiger partial charge is 0.241 e. The minimum absolute atomic E-state index is 0.300. The summed E-state index contributed by atoms with van der Waals surface area (Å²) in [6.45, 7) is 14.7. The monoisotopic (exact) mass is 364 g/mol. The van der Waals surface area contributed by atoms with Crippen LogP contribution >= 0.6 is 0 Å². The fourth-order valence-electron chi connectivity index (χ4n) is 3.14. The van der Waals surface area contributed by atoms with Crippen molar-refractivity contribution in [2.75, 3.05) is 0 Å². The molecule has 3 rings (SSSR count). The Labute approximate surface area is 151 Å². The van der Waals surface area contributed by atoms with Crippen LogP contribution in [0.15, 0.2) is 42.7 Å². The van der Waals surface area contributed by atoms with Crippen LogP contribution in [-0.4, -0.2) is 38.7 Å². The van der Waals surface area contributed by atoms with Gasteiger partial charge in [0, 0.05) is 0 Å². The van der Waals surface area contributed by atoms with Gasteiger partial charge in [0.1, 0.15) is 24.1 Å². The fraction of sp³-hybridized carbons (Fsp3) is 0.579. The summed E-state index contributed by atoms with van der Waals surface area (Å²) in [5.74, 6) is -0.0908. The second-order valence-electron chi connectivity index (χ2n) is 7.97. The predicted octanol–water partition coefficient (Wildman–Crippen LogP) is 3.81. The van der Waals surface area contributed by atoms with E-state index < -0.39 is 26.5 Å². The van der Waals surface area contributed by atoms with E-state index in [-0.39, 0.29) is 12.2 Å². The molecule has 0 aromatic heterocycles. The summed E-state index contributed by atoms with van der Waals surface area (Å²) >= 11 is 0. The number of hydrogen-bond donors (Lipinski definition) is 0. The Hall–Kier alpha value is -1.18. The van der Waals surface area contributed by atoms with E-state index in [2.05, 4.69) is 26.2 Å². The highest BCUT2D eigenvalue weighted by atomic mass is 28.4. The van der Waals surface area contributed by atoms with Crippen molar-refractivity contribution in [3.8, 4) is 0 Å². The molecule has 5 nitrogen and oxygen atoms in total. The molecule has 0 bridgehead atoms. The number of fused-ring (bicyclic) bond motifs is 1. The lowest BCUT2D eigenvalue weighted by atomic mass is 10.1. The van der Waals surface area contributed by atoms with E-state index in [4.69, 9.17) is 23.4 Å². The molecule has 1 aromatic carbocycles. The standard InChI is InChI=1S/C19H28O5Si/c1-13(24-25(4,5)6)15-16(20-12-14-10-8-7-9-11-14)17-18(21-15)23-19(2,3)22-17/h7-11,15-18H,1,12H2,2-6H3/t15-,16+,17-,18-/m1/s1. The van der Waals surface area contributed by atoms with Crippen LogP contribution in [0.25, 0.3) is 0 Å². The van der Waals surface area contributed by atoms with E-state index in [0.717, 1.165) is 5.56 Å². The molecule has 2 saturated heterocycles. The van der Waals surface area contributed by atoms with Crippen molar-refractivity contribution in [1.82, 2.24) is 0 Å². The van der Waals surface area contributed by atoms with Crippen LogP contribution in [0.4, 0.5) is 0 Å². The van der Waals surface area contributed by atoms with Crippen LogP contribution in [-0.2, 0) is 30.0 Å². The molecule has 0 amide bonds. The maximum Gasteiger partial charge on any atom is 0.241 e. The number of rotatable bonds is 6. The summed E-state index contributed by atoms with van der Waals surface area (Å²) in [6, 6.07) is 10.0. The summed E-state index contributed by atoms with van der Waals surface area (Å²) in [5, 5.41) is 0. The first-order chi connectivity index (χ1) is 11.6. The minimum Gasteiger partial charge on any atom is -0.546 e. The van der Waals surface area contributed by atoms with Gasteiger partial charge in [-0.1, -0.05) is 36.9 Å². The Bertz CT molecular complexity index is 610. The summed E-state index contributed by atoms with van der Waals surface area (Å²) < 4.78 is 30.2. The van der Waals surface area contributed by atoms with Gasteiger partial charge in [0.15, 0.2) is 12.1 Å². The van der Waals surface area contributed by atoms with Crippen LogP contribution < -0.4 is 0 Å². The molecule has 2 heterocycles. The zero-order valence-electron chi connectivity index (χ0n) is 15.7. The lowest BCUT2D eigenvalue weighted by Crippen LogP contribution is -2.39. The van der Waals surface area contributed by atoms with E-state index in [9.17, 15) is 0 Å². The largest absolute Gasteiger partial charge is 0.546 e. The third-order valence-electron chi connectivity index (χ3n) is 4.03. The van der Waals surface area contributed by atoms with E-state index in [1.54, 1.807) is 0 Å². The fourth-order valence-corrected chi connectivity index (χ4v) is 4.04. The minimum atomic E-state index is -1.79. The van der Waals surface area contributed by atoms with Gasteiger partial charge in [-0.2, -0.15) is 0 Å². The second-order valence-corrected chi connectivity index (χ2v) is 12.4. The molecule has 0 N–H and O–H groups in total. The summed E-state index contributed by atoms with van der Waals surface area (Å²) in [7, 11) is -1.79. The van der Waals surface area contributed by atoms with E-state index >= 15 is 0 Å². The van der Waals surface area contributed by atoms with Crippen molar-refractivity contribution in [1.29, 1.82) is 0 Å². The van der Waals surface area contributed by atoms with Gasteiger partial charge < -0.3 is 23.4 Å². The predicted molar refractivity (Wildman–Crippen MR) is 97.3 cm³/mol. The average molecular weight is 365 g/mol. The first kappa shape index (κ1) is 18.6. The van der Waals surface area contributed by atoms with Crippen LogP contribution in [0.3, 0.4) is 0 Å². The summed E-state index contributed by atoms with van der Waals surface area (Å²) in [4.78, 5) is 0. The van der Waals surface area contributed by atoms with Crippen molar-refractivity contribution in [2.24, 2.45) is 0 Å². The van der Waals surface area contributed by atoms with Gasteiger partial charge in [0.05, 0.1) is 6.61 Å². The Kier molecular flexibility index (Phi) is 5.10. The van der Waals surface area contributed by atoms with Crippen molar-refractivity contribution in [3.63, 3.8) is 0 Å². The van der Waals surface area contributed by atoms with Crippen LogP contribution in [0.1, 0.15) is 19.4 Å². The molecule has 0 spiro atoms. The van der Waals surface area contributed by atoms with Crippen molar-refractivity contribution >= 4 is 8.32 Å². The summed E-state index contributed by atoms with van der Waals surface area (Å²) in [5.41, 5.74) is 1.10. The molecule has 138 valence electrons. The van der Waals surface area contributed by atoms with Gasteiger partial charge in [0.25, 0.3) is 0 Å². The quantitative estimate of drug-likeness (QED) is 0.567. The first-order valence-corrected chi connectivity index (χ1v) is 12.1. The molecule has 4 atom stereocenters. The lowest BCUT2D eigenvalue weighted by Gasteiger charge is -2.30. The molecule has 25 heavy (non-hydrogen) atoms. The van der Waals surface area contributed by atoms with Gasteiger partial charge in [-0.25, -0.2) is 0 Å². The molecular formula is C19H28O5Si. The zero-order chi connectivity index (χ0) is 18.2. The molecule has 6 heteroatoms. The van der Waals surface area contributed by atoms with Gasteiger partial charge >= 0.3 is 0 Å². The molecule has 2 aliphatic rings. The topological polar surface area (TPSA) is 46.2 Å². The first-order valence-electron chi connectivity index (χ1n) is 8.69. The van der Waals surface area contributed by atoms with Gasteiger partial charge in [-0.3, -0.25) is 0 Å². The molecule has 2 fully saturated rings. The van der Waals surface area contributed by atoms with E-state index in [1.807, 2.05) is 44.2 Å². The van der Waals surface area contributed by atoms with Gasteiger partial charge in [0.2, 0.25) is 8.32 Å². The van der Waals surface area contributed by atoms with Gasteiger partial charge in [-0.15, -0.1) is 0 Å². The normalized spacial score (nSPS) is 30.9. The number of benzene rings is 1. The number of ether oxygens (including phenoxy) is 4. The summed E-state index contributed by atoms with van der Waals surface area (Å²) in [6.07, 6.45) is -1.49. The number of hydrogen-bond acceptors (Lipinski definition) is 5. The van der Waals surface area contributed by atoms with Crippen LogP contribution in [0, 0.1) is 0 Å². The average Bonchev–Trinajstić information content (AvgIpc) is 2.96. The Morgan fingerprint density at radius 2 is 1.84 bits per heavy atom. The maximum absolute atomic E-state index is 6.19. The molecule has 0 radical (unpaired) electrons. The molecular weight excluding hydrogens is 336 g/mol. The van der Waals surface area contributed by atoms with E-state index in [1.165, 1.54) is 0 Å². The van der Waals surface area contributed by atoms with Crippen molar-refractivity contribution < 1.29 is 23.4 Å². The van der Waals surface area contributed by atoms with Crippen molar-refractivity contribution in [3.05, 3.63) is 48.2 Å².